The number of hydrogen-bond donors (Lipinski definition) is 1. The largest absolute Gasteiger partial charge is 0.382 e. The number of nitrogens with two attached hydrogens (primary N) is 1. The molecule has 2 rings (SSSR count). The maximum atomic E-state index is 11.8. The van der Waals surface area contributed by atoms with Gasteiger partial charge < -0.3 is 10.6 Å². The Balaban J connectivity index is 2.30. The van der Waals surface area contributed by atoms with Crippen molar-refractivity contribution in [1.82, 2.24) is 9.27 Å². The molecule has 0 amide bonds. The minimum atomic E-state index is -3.34. The maximum Gasteiger partial charge on any atom is 0.182 e. The summed E-state index contributed by atoms with van der Waals surface area (Å²) >= 11 is 1.17. The zero-order valence-corrected chi connectivity index (χ0v) is 13.1. The van der Waals surface area contributed by atoms with Gasteiger partial charge in [-0.1, -0.05) is 6.92 Å². The Bertz CT molecular complexity index is 555. The second-order valence-corrected chi connectivity index (χ2v) is 7.60. The molecule has 108 valence electrons. The molecule has 1 aromatic rings. The molecule has 1 aromatic heterocycles. The first kappa shape index (κ1) is 14.5. The summed E-state index contributed by atoms with van der Waals surface area (Å²) < 4.78 is 27.7. The lowest BCUT2D eigenvalue weighted by Gasteiger charge is -2.39. The van der Waals surface area contributed by atoms with Gasteiger partial charge in [0.05, 0.1) is 0 Å². The van der Waals surface area contributed by atoms with E-state index in [2.05, 4.69) is 28.0 Å². The minimum absolute atomic E-state index is 0.119. The van der Waals surface area contributed by atoms with Gasteiger partial charge in [0, 0.05) is 31.9 Å². The number of likely N-dealkylation sites (N-methyl/N-ethyl adjacent to an activating group) is 1. The molecule has 0 bridgehead atoms. The van der Waals surface area contributed by atoms with E-state index in [1.807, 2.05) is 0 Å². The number of anilines is 2. The standard InChI is InChI=1S/C11H20N4O2S2/c1-4-14-5-6-15(7-8(14)2)11-9(19(3,16)17)10(12)13-18-11/h8H,4-7H2,1-3H3,(H2,12,13). The predicted octanol–water partition coefficient (Wildman–Crippen LogP) is 0.659. The molecule has 1 atom stereocenters. The molecule has 1 unspecified atom stereocenters. The van der Waals surface area contributed by atoms with Crippen LogP contribution in [0.15, 0.2) is 4.90 Å². The Labute approximate surface area is 118 Å². The summed E-state index contributed by atoms with van der Waals surface area (Å²) in [5.41, 5.74) is 5.71. The molecular weight excluding hydrogens is 284 g/mol. The highest BCUT2D eigenvalue weighted by Gasteiger charge is 2.29. The first-order valence-corrected chi connectivity index (χ1v) is 8.95. The molecule has 2 N–H and O–H groups in total. The molecule has 19 heavy (non-hydrogen) atoms. The Morgan fingerprint density at radius 2 is 2.16 bits per heavy atom. The van der Waals surface area contributed by atoms with Gasteiger partial charge in [-0.25, -0.2) is 8.42 Å². The van der Waals surface area contributed by atoms with E-state index in [0.717, 1.165) is 26.2 Å². The highest BCUT2D eigenvalue weighted by Crippen LogP contribution is 2.35. The molecule has 0 aromatic carbocycles. The van der Waals surface area contributed by atoms with Crippen molar-refractivity contribution in [1.29, 1.82) is 0 Å². The molecular formula is C11H20N4O2S2. The summed E-state index contributed by atoms with van der Waals surface area (Å²) in [4.78, 5) is 4.65. The number of nitrogen functional groups attached to an aromatic ring is 1. The SMILES string of the molecule is CCN1CCN(c2snc(N)c2S(C)(=O)=O)CC1C. The monoisotopic (exact) mass is 304 g/mol. The quantitative estimate of drug-likeness (QED) is 0.883. The van der Waals surface area contributed by atoms with Gasteiger partial charge in [-0.05, 0) is 25.0 Å². The van der Waals surface area contributed by atoms with Crippen molar-refractivity contribution in [2.45, 2.75) is 24.8 Å². The van der Waals surface area contributed by atoms with Crippen LogP contribution in [-0.2, 0) is 9.84 Å². The van der Waals surface area contributed by atoms with Crippen LogP contribution in [0.2, 0.25) is 0 Å². The van der Waals surface area contributed by atoms with Gasteiger partial charge in [-0.2, -0.15) is 4.37 Å². The van der Waals surface area contributed by atoms with Crippen LogP contribution in [0.1, 0.15) is 13.8 Å². The zero-order chi connectivity index (χ0) is 14.2. The second kappa shape index (κ2) is 5.26. The van der Waals surface area contributed by atoms with E-state index in [-0.39, 0.29) is 10.7 Å². The molecule has 1 saturated heterocycles. The average Bonchev–Trinajstić information content (AvgIpc) is 2.70. The summed E-state index contributed by atoms with van der Waals surface area (Å²) in [6.07, 6.45) is 1.18. The van der Waals surface area contributed by atoms with Crippen molar-refractivity contribution in [2.75, 3.05) is 43.1 Å². The van der Waals surface area contributed by atoms with E-state index >= 15 is 0 Å². The number of nitrogens with zero attached hydrogens (tertiary/aromatic N) is 3. The third kappa shape index (κ3) is 2.85. The highest BCUT2D eigenvalue weighted by atomic mass is 32.2. The molecule has 8 heteroatoms. The van der Waals surface area contributed by atoms with Gasteiger partial charge in [-0.3, -0.25) is 4.90 Å². The topological polar surface area (TPSA) is 79.5 Å². The van der Waals surface area contributed by atoms with E-state index in [1.54, 1.807) is 0 Å². The third-order valence-corrected chi connectivity index (χ3v) is 5.68. The van der Waals surface area contributed by atoms with Crippen molar-refractivity contribution in [3.63, 3.8) is 0 Å². The van der Waals surface area contributed by atoms with Gasteiger partial charge >= 0.3 is 0 Å². The van der Waals surface area contributed by atoms with Crippen molar-refractivity contribution >= 4 is 32.2 Å². The lowest BCUT2D eigenvalue weighted by Crippen LogP contribution is -2.51. The molecule has 1 fully saturated rings. The molecule has 0 saturated carbocycles. The normalized spacial score (nSPS) is 21.8. The Morgan fingerprint density at radius 1 is 1.47 bits per heavy atom. The van der Waals surface area contributed by atoms with Crippen molar-refractivity contribution in [3.05, 3.63) is 0 Å². The lowest BCUT2D eigenvalue weighted by molar-refractivity contribution is 0.199. The van der Waals surface area contributed by atoms with Crippen molar-refractivity contribution < 1.29 is 8.42 Å². The van der Waals surface area contributed by atoms with Crippen LogP contribution < -0.4 is 10.6 Å². The summed E-state index contributed by atoms with van der Waals surface area (Å²) in [5, 5.41) is 0.683. The van der Waals surface area contributed by atoms with Crippen LogP contribution in [0.3, 0.4) is 0 Å². The summed E-state index contributed by atoms with van der Waals surface area (Å²) in [5.74, 6) is 0.119. The average molecular weight is 304 g/mol. The Morgan fingerprint density at radius 3 is 2.68 bits per heavy atom. The predicted molar refractivity (Wildman–Crippen MR) is 78.6 cm³/mol. The van der Waals surface area contributed by atoms with Crippen LogP contribution in [0.4, 0.5) is 10.8 Å². The molecule has 0 spiro atoms. The molecule has 1 aliphatic rings. The van der Waals surface area contributed by atoms with E-state index in [1.165, 1.54) is 17.8 Å². The van der Waals surface area contributed by atoms with E-state index in [9.17, 15) is 8.42 Å². The molecule has 1 aliphatic heterocycles. The van der Waals surface area contributed by atoms with Gasteiger partial charge in [0.1, 0.15) is 9.90 Å². The fourth-order valence-corrected chi connectivity index (χ4v) is 4.72. The van der Waals surface area contributed by atoms with Gasteiger partial charge in [0.15, 0.2) is 15.7 Å². The Kier molecular flexibility index (Phi) is 4.03. The van der Waals surface area contributed by atoms with E-state index < -0.39 is 9.84 Å². The van der Waals surface area contributed by atoms with Crippen LogP contribution in [0.25, 0.3) is 0 Å². The first-order valence-electron chi connectivity index (χ1n) is 6.28. The number of rotatable bonds is 3. The van der Waals surface area contributed by atoms with Gasteiger partial charge in [0.25, 0.3) is 0 Å². The van der Waals surface area contributed by atoms with E-state index in [0.29, 0.717) is 11.0 Å². The van der Waals surface area contributed by atoms with Crippen molar-refractivity contribution in [2.24, 2.45) is 0 Å². The van der Waals surface area contributed by atoms with Crippen LogP contribution >= 0.6 is 11.5 Å². The maximum absolute atomic E-state index is 11.8. The highest BCUT2D eigenvalue weighted by molar-refractivity contribution is 7.91. The fraction of sp³-hybridized carbons (Fsp3) is 0.727. The van der Waals surface area contributed by atoms with Crippen LogP contribution in [0.5, 0.6) is 0 Å². The molecule has 0 radical (unpaired) electrons. The number of aromatic nitrogens is 1. The number of hydrogen-bond acceptors (Lipinski definition) is 7. The fourth-order valence-electron chi connectivity index (χ4n) is 2.48. The number of sulfone groups is 1. The smallest absolute Gasteiger partial charge is 0.182 e. The molecule has 0 aliphatic carbocycles. The minimum Gasteiger partial charge on any atom is -0.382 e. The van der Waals surface area contributed by atoms with Crippen molar-refractivity contribution in [3.8, 4) is 0 Å². The lowest BCUT2D eigenvalue weighted by atomic mass is 10.2. The second-order valence-electron chi connectivity index (χ2n) is 4.90. The Hall–Kier alpha value is -0.860. The van der Waals surface area contributed by atoms with E-state index in [4.69, 9.17) is 5.73 Å². The van der Waals surface area contributed by atoms with Crippen LogP contribution in [-0.4, -0.2) is 56.2 Å². The first-order chi connectivity index (χ1) is 8.84. The molecule has 6 nitrogen and oxygen atoms in total. The molecule has 2 heterocycles. The van der Waals surface area contributed by atoms with Crippen LogP contribution in [0, 0.1) is 0 Å². The summed E-state index contributed by atoms with van der Waals surface area (Å²) in [7, 11) is -3.34. The summed E-state index contributed by atoms with van der Waals surface area (Å²) in [6.45, 7) is 7.84. The summed E-state index contributed by atoms with van der Waals surface area (Å²) in [6, 6.07) is 0.398. The third-order valence-electron chi connectivity index (χ3n) is 3.49. The van der Waals surface area contributed by atoms with Gasteiger partial charge in [-0.15, -0.1) is 0 Å². The number of piperazine rings is 1. The zero-order valence-electron chi connectivity index (χ0n) is 11.5. The van der Waals surface area contributed by atoms with Gasteiger partial charge in [0.2, 0.25) is 0 Å².